The molecule has 1 amide bonds. The molecule has 1 rings (SSSR count). The van der Waals surface area contributed by atoms with E-state index in [1.54, 1.807) is 0 Å². The number of amides is 1. The molecule has 18 heavy (non-hydrogen) atoms. The van der Waals surface area contributed by atoms with E-state index in [2.05, 4.69) is 10.0 Å². The van der Waals surface area contributed by atoms with Gasteiger partial charge in [0.2, 0.25) is 5.91 Å². The SMILES string of the molecule is CN(C)S(=O)(=O)NCC(=O)Nc1cccc(F)c1. The van der Waals surface area contributed by atoms with E-state index in [0.717, 1.165) is 10.4 Å². The molecular formula is C10H14FN3O3S. The molecular weight excluding hydrogens is 261 g/mol. The van der Waals surface area contributed by atoms with Gasteiger partial charge in [-0.15, -0.1) is 0 Å². The van der Waals surface area contributed by atoms with E-state index >= 15 is 0 Å². The number of hydrogen-bond donors (Lipinski definition) is 2. The van der Waals surface area contributed by atoms with Gasteiger partial charge in [0.05, 0.1) is 6.54 Å². The summed E-state index contributed by atoms with van der Waals surface area (Å²) in [4.78, 5) is 11.4. The third-order valence-corrected chi connectivity index (χ3v) is 3.47. The fourth-order valence-electron chi connectivity index (χ4n) is 1.06. The molecule has 0 bridgehead atoms. The van der Waals surface area contributed by atoms with Crippen molar-refractivity contribution in [3.05, 3.63) is 30.1 Å². The Balaban J connectivity index is 2.53. The molecule has 0 saturated heterocycles. The van der Waals surface area contributed by atoms with Gasteiger partial charge in [-0.1, -0.05) is 6.07 Å². The number of rotatable bonds is 5. The van der Waals surface area contributed by atoms with Crippen LogP contribution in [0.15, 0.2) is 24.3 Å². The van der Waals surface area contributed by atoms with Crippen molar-refractivity contribution in [2.45, 2.75) is 0 Å². The van der Waals surface area contributed by atoms with Crippen molar-refractivity contribution in [1.29, 1.82) is 0 Å². The van der Waals surface area contributed by atoms with Crippen LogP contribution in [0, 0.1) is 5.82 Å². The zero-order valence-electron chi connectivity index (χ0n) is 9.97. The van der Waals surface area contributed by atoms with E-state index in [0.29, 0.717) is 0 Å². The highest BCUT2D eigenvalue weighted by atomic mass is 32.2. The maximum absolute atomic E-state index is 12.8. The van der Waals surface area contributed by atoms with Crippen LogP contribution in [0.1, 0.15) is 0 Å². The maximum Gasteiger partial charge on any atom is 0.279 e. The Hall–Kier alpha value is -1.51. The summed E-state index contributed by atoms with van der Waals surface area (Å²) in [5, 5.41) is 2.37. The summed E-state index contributed by atoms with van der Waals surface area (Å²) in [5.41, 5.74) is 0.268. The smallest absolute Gasteiger partial charge is 0.279 e. The number of hydrogen-bond acceptors (Lipinski definition) is 3. The third-order valence-electron chi connectivity index (χ3n) is 2.00. The lowest BCUT2D eigenvalue weighted by molar-refractivity contribution is -0.115. The molecule has 0 fully saturated rings. The highest BCUT2D eigenvalue weighted by molar-refractivity contribution is 7.87. The van der Waals surface area contributed by atoms with Gasteiger partial charge in [0.15, 0.2) is 0 Å². The van der Waals surface area contributed by atoms with Crippen LogP contribution >= 0.6 is 0 Å². The molecule has 8 heteroatoms. The van der Waals surface area contributed by atoms with Crippen LogP contribution in [0.3, 0.4) is 0 Å². The first-order valence-electron chi connectivity index (χ1n) is 5.04. The van der Waals surface area contributed by atoms with Crippen molar-refractivity contribution in [2.24, 2.45) is 0 Å². The van der Waals surface area contributed by atoms with Crippen molar-refractivity contribution in [3.8, 4) is 0 Å². The van der Waals surface area contributed by atoms with Crippen LogP contribution in [0.4, 0.5) is 10.1 Å². The van der Waals surface area contributed by atoms with E-state index in [9.17, 15) is 17.6 Å². The van der Waals surface area contributed by atoms with Gasteiger partial charge in [0.25, 0.3) is 10.2 Å². The van der Waals surface area contributed by atoms with Gasteiger partial charge in [-0.05, 0) is 18.2 Å². The number of benzene rings is 1. The Bertz CT molecular complexity index is 531. The topological polar surface area (TPSA) is 78.5 Å². The van der Waals surface area contributed by atoms with Gasteiger partial charge >= 0.3 is 0 Å². The summed E-state index contributed by atoms with van der Waals surface area (Å²) in [6.45, 7) is -0.420. The largest absolute Gasteiger partial charge is 0.325 e. The van der Waals surface area contributed by atoms with Crippen molar-refractivity contribution in [3.63, 3.8) is 0 Å². The van der Waals surface area contributed by atoms with Crippen LogP contribution in [-0.2, 0) is 15.0 Å². The molecule has 0 heterocycles. The van der Waals surface area contributed by atoms with Gasteiger partial charge in [-0.3, -0.25) is 4.79 Å². The van der Waals surface area contributed by atoms with Crippen molar-refractivity contribution < 1.29 is 17.6 Å². The second-order valence-electron chi connectivity index (χ2n) is 3.67. The van der Waals surface area contributed by atoms with Crippen LogP contribution in [0.25, 0.3) is 0 Å². The highest BCUT2D eigenvalue weighted by Crippen LogP contribution is 2.08. The molecule has 100 valence electrons. The quantitative estimate of drug-likeness (QED) is 0.803. The number of nitrogens with one attached hydrogen (secondary N) is 2. The maximum atomic E-state index is 12.8. The molecule has 0 aliphatic carbocycles. The summed E-state index contributed by atoms with van der Waals surface area (Å²) in [6, 6.07) is 5.32. The highest BCUT2D eigenvalue weighted by Gasteiger charge is 2.14. The Morgan fingerprint density at radius 3 is 2.61 bits per heavy atom. The standard InChI is InChI=1S/C10H14FN3O3S/c1-14(2)18(16,17)12-7-10(15)13-9-5-3-4-8(11)6-9/h3-6,12H,7H2,1-2H3,(H,13,15). The molecule has 0 aliphatic heterocycles. The number of anilines is 1. The van der Waals surface area contributed by atoms with Crippen molar-refractivity contribution in [2.75, 3.05) is 26.0 Å². The Kier molecular flexibility index (Phi) is 4.76. The Morgan fingerprint density at radius 2 is 2.06 bits per heavy atom. The summed E-state index contributed by atoms with van der Waals surface area (Å²) < 4.78 is 38.5. The lowest BCUT2D eigenvalue weighted by atomic mass is 10.3. The van der Waals surface area contributed by atoms with Crippen molar-refractivity contribution >= 4 is 21.8 Å². The summed E-state index contributed by atoms with van der Waals surface area (Å²) in [6.07, 6.45) is 0. The van der Waals surface area contributed by atoms with Crippen LogP contribution in [-0.4, -0.2) is 39.3 Å². The molecule has 0 aliphatic rings. The van der Waals surface area contributed by atoms with Crippen LogP contribution in [0.2, 0.25) is 0 Å². The molecule has 0 spiro atoms. The van der Waals surface area contributed by atoms with Crippen LogP contribution < -0.4 is 10.0 Å². The number of carbonyl (C=O) groups excluding carboxylic acids is 1. The van der Waals surface area contributed by atoms with Crippen LogP contribution in [0.5, 0.6) is 0 Å². The van der Waals surface area contributed by atoms with Gasteiger partial charge < -0.3 is 5.32 Å². The average Bonchev–Trinajstić information content (AvgIpc) is 2.26. The number of halogens is 1. The third kappa shape index (κ3) is 4.40. The predicted molar refractivity (Wildman–Crippen MR) is 65.6 cm³/mol. The first-order valence-corrected chi connectivity index (χ1v) is 6.48. The van der Waals surface area contributed by atoms with E-state index in [4.69, 9.17) is 0 Å². The summed E-state index contributed by atoms with van der Waals surface area (Å²) in [5.74, 6) is -1.06. The lowest BCUT2D eigenvalue weighted by Gasteiger charge is -2.12. The first kappa shape index (κ1) is 14.6. The molecule has 1 aromatic carbocycles. The minimum atomic E-state index is -3.65. The van der Waals surface area contributed by atoms with E-state index in [1.165, 1.54) is 32.3 Å². The summed E-state index contributed by atoms with van der Waals surface area (Å²) >= 11 is 0. The number of nitrogens with zero attached hydrogens (tertiary/aromatic N) is 1. The monoisotopic (exact) mass is 275 g/mol. The van der Waals surface area contributed by atoms with E-state index in [-0.39, 0.29) is 5.69 Å². The second kappa shape index (κ2) is 5.89. The average molecular weight is 275 g/mol. The minimum Gasteiger partial charge on any atom is -0.325 e. The Labute approximate surface area is 105 Å². The van der Waals surface area contributed by atoms with E-state index < -0.39 is 28.5 Å². The molecule has 2 N–H and O–H groups in total. The normalized spacial score (nSPS) is 11.6. The first-order chi connectivity index (χ1) is 8.31. The molecule has 0 saturated carbocycles. The van der Waals surface area contributed by atoms with Gasteiger partial charge in [0.1, 0.15) is 5.82 Å². The zero-order chi connectivity index (χ0) is 13.8. The summed E-state index contributed by atoms with van der Waals surface area (Å²) in [7, 11) is -0.965. The predicted octanol–water partition coefficient (Wildman–Crippen LogP) is 0.160. The minimum absolute atomic E-state index is 0.268. The fourth-order valence-corrected chi connectivity index (χ4v) is 1.63. The fraction of sp³-hybridized carbons (Fsp3) is 0.300. The van der Waals surface area contributed by atoms with E-state index in [1.807, 2.05) is 0 Å². The van der Waals surface area contributed by atoms with Crippen molar-refractivity contribution in [1.82, 2.24) is 9.03 Å². The molecule has 0 unspecified atom stereocenters. The molecule has 0 radical (unpaired) electrons. The van der Waals surface area contributed by atoms with Gasteiger partial charge in [-0.2, -0.15) is 17.4 Å². The molecule has 0 atom stereocenters. The molecule has 0 aromatic heterocycles. The number of carbonyl (C=O) groups is 1. The lowest BCUT2D eigenvalue weighted by Crippen LogP contribution is -2.40. The van der Waals surface area contributed by atoms with Gasteiger partial charge in [0, 0.05) is 19.8 Å². The zero-order valence-corrected chi connectivity index (χ0v) is 10.8. The Morgan fingerprint density at radius 1 is 1.39 bits per heavy atom. The second-order valence-corrected chi connectivity index (χ2v) is 5.64. The molecule has 1 aromatic rings. The van der Waals surface area contributed by atoms with Gasteiger partial charge in [-0.25, -0.2) is 4.39 Å². The molecule has 6 nitrogen and oxygen atoms in total.